The molecule has 2 heteroatoms. The van der Waals surface area contributed by atoms with Crippen molar-refractivity contribution < 1.29 is 0 Å². The SMILES string of the molecule is Cc1ccc(-c2ccc(-c3c4ccccc4c(-c4ccc(-c5ccc(C)cn5)cc4)c4ccccc34)cc2)nc1. The second-order valence-electron chi connectivity index (χ2n) is 10.4. The smallest absolute Gasteiger partial charge is 0.0702 e. The fourth-order valence-electron chi connectivity index (χ4n) is 5.64. The zero-order valence-corrected chi connectivity index (χ0v) is 22.6. The van der Waals surface area contributed by atoms with E-state index in [1.807, 2.05) is 12.4 Å². The van der Waals surface area contributed by atoms with Crippen molar-refractivity contribution in [3.05, 3.63) is 145 Å². The predicted octanol–water partition coefficient (Wildman–Crippen LogP) is 10.1. The Bertz CT molecular complexity index is 1760. The van der Waals surface area contributed by atoms with Crippen molar-refractivity contribution in [1.82, 2.24) is 9.97 Å². The highest BCUT2D eigenvalue weighted by atomic mass is 14.7. The minimum Gasteiger partial charge on any atom is -0.256 e. The molecule has 0 spiro atoms. The lowest BCUT2D eigenvalue weighted by atomic mass is 9.85. The van der Waals surface area contributed by atoms with Gasteiger partial charge in [0.25, 0.3) is 0 Å². The highest BCUT2D eigenvalue weighted by Gasteiger charge is 2.16. The molecule has 0 radical (unpaired) electrons. The van der Waals surface area contributed by atoms with E-state index in [1.165, 1.54) is 54.9 Å². The van der Waals surface area contributed by atoms with E-state index in [0.717, 1.165) is 22.5 Å². The topological polar surface area (TPSA) is 25.8 Å². The Morgan fingerprint density at radius 3 is 0.975 bits per heavy atom. The number of benzene rings is 5. The largest absolute Gasteiger partial charge is 0.256 e. The summed E-state index contributed by atoms with van der Waals surface area (Å²) < 4.78 is 0. The predicted molar refractivity (Wildman–Crippen MR) is 168 cm³/mol. The highest BCUT2D eigenvalue weighted by molar-refractivity contribution is 6.21. The van der Waals surface area contributed by atoms with Crippen molar-refractivity contribution in [3.8, 4) is 44.8 Å². The summed E-state index contributed by atoms with van der Waals surface area (Å²) >= 11 is 0. The molecule has 0 saturated carbocycles. The van der Waals surface area contributed by atoms with Crippen LogP contribution in [0.2, 0.25) is 0 Å². The van der Waals surface area contributed by atoms with E-state index < -0.39 is 0 Å². The molecule has 2 heterocycles. The molecule has 0 bridgehead atoms. The lowest BCUT2D eigenvalue weighted by molar-refractivity contribution is 1.27. The average Bonchev–Trinajstić information content (AvgIpc) is 3.01. The van der Waals surface area contributed by atoms with Gasteiger partial charge in [0, 0.05) is 23.5 Å². The van der Waals surface area contributed by atoms with Crippen LogP contribution < -0.4 is 0 Å². The highest BCUT2D eigenvalue weighted by Crippen LogP contribution is 2.44. The van der Waals surface area contributed by atoms with Crippen LogP contribution in [-0.4, -0.2) is 9.97 Å². The Balaban J connectivity index is 1.39. The summed E-state index contributed by atoms with van der Waals surface area (Å²) in [5, 5.41) is 5.01. The van der Waals surface area contributed by atoms with Crippen LogP contribution in [0.15, 0.2) is 134 Å². The molecule has 0 aliphatic rings. The quantitative estimate of drug-likeness (QED) is 0.219. The van der Waals surface area contributed by atoms with E-state index in [9.17, 15) is 0 Å². The maximum absolute atomic E-state index is 4.62. The third kappa shape index (κ3) is 4.24. The summed E-state index contributed by atoms with van der Waals surface area (Å²) in [7, 11) is 0. The molecule has 0 atom stereocenters. The van der Waals surface area contributed by atoms with Gasteiger partial charge in [-0.2, -0.15) is 0 Å². The van der Waals surface area contributed by atoms with Gasteiger partial charge in [-0.15, -0.1) is 0 Å². The number of nitrogens with zero attached hydrogens (tertiary/aromatic N) is 2. The van der Waals surface area contributed by atoms with Crippen molar-refractivity contribution in [3.63, 3.8) is 0 Å². The number of hydrogen-bond acceptors (Lipinski definition) is 2. The summed E-state index contributed by atoms with van der Waals surface area (Å²) in [5.74, 6) is 0. The van der Waals surface area contributed by atoms with E-state index in [-0.39, 0.29) is 0 Å². The third-order valence-electron chi connectivity index (χ3n) is 7.69. The van der Waals surface area contributed by atoms with Crippen molar-refractivity contribution in [2.24, 2.45) is 0 Å². The van der Waals surface area contributed by atoms with Gasteiger partial charge in [0.2, 0.25) is 0 Å². The lowest BCUT2D eigenvalue weighted by Crippen LogP contribution is -1.91. The van der Waals surface area contributed by atoms with Crippen LogP contribution in [0.25, 0.3) is 66.3 Å². The molecule has 0 aliphatic heterocycles. The van der Waals surface area contributed by atoms with E-state index in [4.69, 9.17) is 0 Å². The van der Waals surface area contributed by atoms with Gasteiger partial charge in [-0.25, -0.2) is 0 Å². The van der Waals surface area contributed by atoms with Crippen molar-refractivity contribution in [2.75, 3.05) is 0 Å². The summed E-state index contributed by atoms with van der Waals surface area (Å²) in [6.07, 6.45) is 3.85. The summed E-state index contributed by atoms with van der Waals surface area (Å²) in [6.45, 7) is 4.13. The summed E-state index contributed by atoms with van der Waals surface area (Å²) in [4.78, 5) is 9.24. The Morgan fingerprint density at radius 2 is 0.675 bits per heavy atom. The molecule has 0 fully saturated rings. The Morgan fingerprint density at radius 1 is 0.350 bits per heavy atom. The van der Waals surface area contributed by atoms with Crippen LogP contribution in [0.4, 0.5) is 0 Å². The molecule has 0 amide bonds. The number of aromatic nitrogens is 2. The van der Waals surface area contributed by atoms with Gasteiger partial charge in [-0.05, 0) is 80.9 Å². The third-order valence-corrected chi connectivity index (χ3v) is 7.69. The van der Waals surface area contributed by atoms with E-state index in [0.29, 0.717) is 0 Å². The fraction of sp³-hybridized carbons (Fsp3) is 0.0526. The van der Waals surface area contributed by atoms with Crippen LogP contribution in [0.1, 0.15) is 11.1 Å². The Kier molecular flexibility index (Phi) is 5.94. The first-order valence-corrected chi connectivity index (χ1v) is 13.7. The first-order chi connectivity index (χ1) is 19.7. The Labute approximate surface area is 234 Å². The lowest BCUT2D eigenvalue weighted by Gasteiger charge is -2.18. The van der Waals surface area contributed by atoms with Crippen molar-refractivity contribution in [2.45, 2.75) is 13.8 Å². The number of rotatable bonds is 4. The first kappa shape index (κ1) is 24.0. The minimum absolute atomic E-state index is 0.992. The fourth-order valence-corrected chi connectivity index (χ4v) is 5.64. The molecule has 40 heavy (non-hydrogen) atoms. The van der Waals surface area contributed by atoms with Gasteiger partial charge in [-0.3, -0.25) is 9.97 Å². The van der Waals surface area contributed by atoms with Gasteiger partial charge < -0.3 is 0 Å². The number of aryl methyl sites for hydroxylation is 2. The molecule has 0 saturated heterocycles. The van der Waals surface area contributed by atoms with Crippen molar-refractivity contribution in [1.29, 1.82) is 0 Å². The number of fused-ring (bicyclic) bond motifs is 2. The normalized spacial score (nSPS) is 11.2. The molecule has 2 aromatic heterocycles. The summed E-state index contributed by atoms with van der Waals surface area (Å²) in [6, 6.07) is 43.6. The second kappa shape index (κ2) is 9.91. The monoisotopic (exact) mass is 512 g/mol. The maximum Gasteiger partial charge on any atom is 0.0702 e. The molecule has 0 aliphatic carbocycles. The molecule has 2 nitrogen and oxygen atoms in total. The molecule has 7 rings (SSSR count). The molecule has 0 unspecified atom stereocenters. The van der Waals surface area contributed by atoms with Gasteiger partial charge in [0.05, 0.1) is 11.4 Å². The van der Waals surface area contributed by atoms with Gasteiger partial charge in [0.15, 0.2) is 0 Å². The van der Waals surface area contributed by atoms with E-state index in [2.05, 4.69) is 145 Å². The molecular weight excluding hydrogens is 484 g/mol. The first-order valence-electron chi connectivity index (χ1n) is 13.7. The maximum atomic E-state index is 4.62. The molecule has 5 aromatic carbocycles. The summed E-state index contributed by atoms with van der Waals surface area (Å²) in [5.41, 5.74) is 11.5. The molecular formula is C38H28N2. The standard InChI is InChI=1S/C38H28N2/c1-25-11-21-35(39-23-25)27-13-17-29(18-14-27)37-31-7-3-5-9-33(31)38(34-10-6-4-8-32(34)37)30-19-15-28(16-20-30)36-22-12-26(2)24-40-36/h3-24H,1-2H3. The van der Waals surface area contributed by atoms with Gasteiger partial charge >= 0.3 is 0 Å². The van der Waals surface area contributed by atoms with Crippen LogP contribution in [0.5, 0.6) is 0 Å². The zero-order chi connectivity index (χ0) is 27.1. The number of pyridine rings is 2. The zero-order valence-electron chi connectivity index (χ0n) is 22.6. The van der Waals surface area contributed by atoms with Gasteiger partial charge in [-0.1, -0.05) is 109 Å². The van der Waals surface area contributed by atoms with Crippen molar-refractivity contribution >= 4 is 21.5 Å². The molecule has 7 aromatic rings. The molecule has 0 N–H and O–H groups in total. The van der Waals surface area contributed by atoms with E-state index in [1.54, 1.807) is 0 Å². The van der Waals surface area contributed by atoms with Crippen LogP contribution in [0, 0.1) is 13.8 Å². The number of hydrogen-bond donors (Lipinski definition) is 0. The van der Waals surface area contributed by atoms with E-state index >= 15 is 0 Å². The Hall–Kier alpha value is -5.08. The second-order valence-corrected chi connectivity index (χ2v) is 10.4. The van der Waals surface area contributed by atoms with Crippen LogP contribution >= 0.6 is 0 Å². The van der Waals surface area contributed by atoms with Gasteiger partial charge in [0.1, 0.15) is 0 Å². The molecule has 190 valence electrons. The average molecular weight is 513 g/mol. The van der Waals surface area contributed by atoms with Crippen LogP contribution in [0.3, 0.4) is 0 Å². The minimum atomic E-state index is 0.992. The van der Waals surface area contributed by atoms with Crippen LogP contribution in [-0.2, 0) is 0 Å².